The molecular formula is C15H17ClN2O. The number of fused-ring (bicyclic) bond motifs is 1. The highest BCUT2D eigenvalue weighted by atomic mass is 35.5. The van der Waals surface area contributed by atoms with Crippen molar-refractivity contribution in [1.82, 2.24) is 10.1 Å². The molecule has 100 valence electrons. The van der Waals surface area contributed by atoms with E-state index in [4.69, 9.17) is 16.1 Å². The predicted molar refractivity (Wildman–Crippen MR) is 76.2 cm³/mol. The average molecular weight is 277 g/mol. The highest BCUT2D eigenvalue weighted by Gasteiger charge is 2.25. The maximum absolute atomic E-state index is 5.93. The number of rotatable bonds is 2. The summed E-state index contributed by atoms with van der Waals surface area (Å²) < 4.78 is 5.49. The second-order valence-electron chi connectivity index (χ2n) is 5.25. The number of halogens is 1. The van der Waals surface area contributed by atoms with E-state index in [1.807, 2.05) is 24.3 Å². The Labute approximate surface area is 118 Å². The summed E-state index contributed by atoms with van der Waals surface area (Å²) in [6, 6.07) is 8.31. The van der Waals surface area contributed by atoms with Crippen LogP contribution in [0, 0.1) is 0 Å². The van der Waals surface area contributed by atoms with Gasteiger partial charge in [-0.05, 0) is 26.0 Å². The molecule has 0 fully saturated rings. The van der Waals surface area contributed by atoms with Crippen LogP contribution in [-0.4, -0.2) is 22.6 Å². The Hall–Kier alpha value is -1.32. The van der Waals surface area contributed by atoms with Crippen molar-refractivity contribution in [3.63, 3.8) is 0 Å². The smallest absolute Gasteiger partial charge is 0.143 e. The molecular weight excluding hydrogens is 260 g/mol. The molecule has 0 amide bonds. The molecule has 1 aliphatic rings. The minimum atomic E-state index is 0.543. The van der Waals surface area contributed by atoms with Crippen molar-refractivity contribution in [1.29, 1.82) is 0 Å². The summed E-state index contributed by atoms with van der Waals surface area (Å²) >= 11 is 5.93. The molecule has 1 aromatic carbocycles. The van der Waals surface area contributed by atoms with Crippen LogP contribution in [0.25, 0.3) is 11.3 Å². The van der Waals surface area contributed by atoms with Crippen molar-refractivity contribution in [2.24, 2.45) is 0 Å². The first kappa shape index (κ1) is 12.7. The van der Waals surface area contributed by atoms with E-state index in [1.54, 1.807) is 0 Å². The fourth-order valence-corrected chi connectivity index (χ4v) is 2.63. The molecule has 2 heterocycles. The predicted octanol–water partition coefficient (Wildman–Crippen LogP) is 3.76. The highest BCUT2D eigenvalue weighted by molar-refractivity contribution is 6.30. The minimum Gasteiger partial charge on any atom is -0.360 e. The van der Waals surface area contributed by atoms with E-state index in [9.17, 15) is 0 Å². The molecule has 19 heavy (non-hydrogen) atoms. The van der Waals surface area contributed by atoms with Crippen LogP contribution in [0.4, 0.5) is 0 Å². The van der Waals surface area contributed by atoms with Gasteiger partial charge in [0.05, 0.1) is 0 Å². The Kier molecular flexibility index (Phi) is 3.33. The normalized spacial score (nSPS) is 15.8. The summed E-state index contributed by atoms with van der Waals surface area (Å²) in [5, 5.41) is 4.99. The summed E-state index contributed by atoms with van der Waals surface area (Å²) in [6.45, 7) is 6.40. The van der Waals surface area contributed by atoms with Gasteiger partial charge >= 0.3 is 0 Å². The molecule has 0 bridgehead atoms. The topological polar surface area (TPSA) is 29.3 Å². The van der Waals surface area contributed by atoms with E-state index in [0.29, 0.717) is 6.04 Å². The molecule has 0 saturated carbocycles. The number of hydrogen-bond donors (Lipinski definition) is 0. The first-order valence-electron chi connectivity index (χ1n) is 6.62. The Morgan fingerprint density at radius 3 is 2.68 bits per heavy atom. The highest BCUT2D eigenvalue weighted by Crippen LogP contribution is 2.31. The van der Waals surface area contributed by atoms with Crippen LogP contribution in [0.2, 0.25) is 5.02 Å². The molecule has 4 heteroatoms. The zero-order chi connectivity index (χ0) is 13.4. The van der Waals surface area contributed by atoms with Crippen molar-refractivity contribution in [2.45, 2.75) is 32.9 Å². The van der Waals surface area contributed by atoms with Crippen LogP contribution in [0.5, 0.6) is 0 Å². The molecule has 0 radical (unpaired) electrons. The Morgan fingerprint density at radius 1 is 1.26 bits per heavy atom. The van der Waals surface area contributed by atoms with Crippen LogP contribution in [0.15, 0.2) is 28.8 Å². The molecule has 0 atom stereocenters. The third-order valence-corrected chi connectivity index (χ3v) is 3.96. The number of nitrogens with zero attached hydrogens (tertiary/aromatic N) is 2. The third kappa shape index (κ3) is 2.40. The van der Waals surface area contributed by atoms with E-state index in [2.05, 4.69) is 23.9 Å². The lowest BCUT2D eigenvalue weighted by atomic mass is 10.0. The number of benzene rings is 1. The summed E-state index contributed by atoms with van der Waals surface area (Å²) in [5.41, 5.74) is 3.25. The van der Waals surface area contributed by atoms with Gasteiger partial charge in [0.15, 0.2) is 0 Å². The quantitative estimate of drug-likeness (QED) is 0.836. The van der Waals surface area contributed by atoms with Crippen molar-refractivity contribution in [3.8, 4) is 11.3 Å². The van der Waals surface area contributed by atoms with Gasteiger partial charge < -0.3 is 4.52 Å². The van der Waals surface area contributed by atoms with Crippen molar-refractivity contribution < 1.29 is 4.52 Å². The fraction of sp³-hybridized carbons (Fsp3) is 0.400. The zero-order valence-corrected chi connectivity index (χ0v) is 11.9. The van der Waals surface area contributed by atoms with Gasteiger partial charge in [0.1, 0.15) is 11.5 Å². The first-order chi connectivity index (χ1) is 9.15. The Bertz CT molecular complexity index is 574. The second kappa shape index (κ2) is 4.99. The van der Waals surface area contributed by atoms with E-state index >= 15 is 0 Å². The molecule has 0 unspecified atom stereocenters. The van der Waals surface area contributed by atoms with E-state index in [1.165, 1.54) is 5.56 Å². The van der Waals surface area contributed by atoms with Gasteiger partial charge in [-0.2, -0.15) is 0 Å². The van der Waals surface area contributed by atoms with Crippen LogP contribution >= 0.6 is 11.6 Å². The molecule has 2 aromatic rings. The summed E-state index contributed by atoms with van der Waals surface area (Å²) in [4.78, 5) is 2.44. The molecule has 0 spiro atoms. The first-order valence-corrected chi connectivity index (χ1v) is 7.00. The van der Waals surface area contributed by atoms with Crippen LogP contribution in [0.3, 0.4) is 0 Å². The van der Waals surface area contributed by atoms with Gasteiger partial charge in [-0.25, -0.2) is 0 Å². The van der Waals surface area contributed by atoms with E-state index in [-0.39, 0.29) is 0 Å². The van der Waals surface area contributed by atoms with Crippen molar-refractivity contribution in [2.75, 3.05) is 6.54 Å². The van der Waals surface area contributed by atoms with Gasteiger partial charge in [-0.3, -0.25) is 4.90 Å². The maximum atomic E-state index is 5.93. The standard InChI is InChI=1S/C15H17ClN2O/c1-10(2)18-8-7-14-13(9-18)15(17-19-14)11-3-5-12(16)6-4-11/h3-6,10H,7-9H2,1-2H3. The van der Waals surface area contributed by atoms with Crippen LogP contribution in [-0.2, 0) is 13.0 Å². The number of aromatic nitrogens is 1. The average Bonchev–Trinajstić information content (AvgIpc) is 2.82. The van der Waals surface area contributed by atoms with Crippen LogP contribution < -0.4 is 0 Å². The lowest BCUT2D eigenvalue weighted by molar-refractivity contribution is 0.192. The fourth-order valence-electron chi connectivity index (χ4n) is 2.51. The molecule has 3 nitrogen and oxygen atoms in total. The third-order valence-electron chi connectivity index (χ3n) is 3.70. The Morgan fingerprint density at radius 2 is 2.00 bits per heavy atom. The summed E-state index contributed by atoms with van der Waals surface area (Å²) in [7, 11) is 0. The minimum absolute atomic E-state index is 0.543. The molecule has 3 rings (SSSR count). The SMILES string of the molecule is CC(C)N1CCc2onc(-c3ccc(Cl)cc3)c2C1. The molecule has 0 aliphatic carbocycles. The Balaban J connectivity index is 1.97. The summed E-state index contributed by atoms with van der Waals surface area (Å²) in [5.74, 6) is 1.03. The zero-order valence-electron chi connectivity index (χ0n) is 11.2. The lowest BCUT2D eigenvalue weighted by Gasteiger charge is -2.29. The number of hydrogen-bond acceptors (Lipinski definition) is 3. The monoisotopic (exact) mass is 276 g/mol. The molecule has 1 aliphatic heterocycles. The molecule has 0 saturated heterocycles. The largest absolute Gasteiger partial charge is 0.360 e. The maximum Gasteiger partial charge on any atom is 0.143 e. The van der Waals surface area contributed by atoms with Gasteiger partial charge in [-0.15, -0.1) is 0 Å². The van der Waals surface area contributed by atoms with Gasteiger partial charge in [0, 0.05) is 41.7 Å². The van der Waals surface area contributed by atoms with Crippen molar-refractivity contribution >= 4 is 11.6 Å². The van der Waals surface area contributed by atoms with Gasteiger partial charge in [-0.1, -0.05) is 28.9 Å². The van der Waals surface area contributed by atoms with Gasteiger partial charge in [0.25, 0.3) is 0 Å². The lowest BCUT2D eigenvalue weighted by Crippen LogP contribution is -2.35. The van der Waals surface area contributed by atoms with Crippen LogP contribution in [0.1, 0.15) is 25.2 Å². The van der Waals surface area contributed by atoms with Crippen molar-refractivity contribution in [3.05, 3.63) is 40.6 Å². The second-order valence-corrected chi connectivity index (χ2v) is 5.69. The molecule has 1 aromatic heterocycles. The van der Waals surface area contributed by atoms with E-state index < -0.39 is 0 Å². The summed E-state index contributed by atoms with van der Waals surface area (Å²) in [6.07, 6.45) is 0.939. The van der Waals surface area contributed by atoms with Gasteiger partial charge in [0.2, 0.25) is 0 Å². The molecule has 0 N–H and O–H groups in total. The van der Waals surface area contributed by atoms with E-state index in [0.717, 1.165) is 41.6 Å².